The molecule has 2 atom stereocenters. The van der Waals surface area contributed by atoms with Gasteiger partial charge in [-0.3, -0.25) is 0 Å². The van der Waals surface area contributed by atoms with Crippen molar-refractivity contribution in [1.29, 1.82) is 0 Å². The molecule has 3 rings (SSSR count). The highest BCUT2D eigenvalue weighted by Gasteiger charge is 2.36. The molecule has 2 saturated heterocycles. The van der Waals surface area contributed by atoms with Gasteiger partial charge in [-0.2, -0.15) is 0 Å². The predicted molar refractivity (Wildman–Crippen MR) is 81.7 cm³/mol. The summed E-state index contributed by atoms with van der Waals surface area (Å²) in [5.41, 5.74) is 0. The van der Waals surface area contributed by atoms with Gasteiger partial charge in [-0.25, -0.2) is 4.68 Å². The lowest BCUT2D eigenvalue weighted by atomic mass is 10.0. The summed E-state index contributed by atoms with van der Waals surface area (Å²) in [6.45, 7) is 11.1. The number of tetrazole rings is 1. The van der Waals surface area contributed by atoms with E-state index in [0.717, 1.165) is 31.8 Å². The SMILES string of the molecule is CC(C)[C@@H](c1nnnn1C[C@H]1CCCO1)[NH+]1CC[NH+](C)CC1. The first-order valence-corrected chi connectivity index (χ1v) is 8.68. The third kappa shape index (κ3) is 3.47. The lowest BCUT2D eigenvalue weighted by Gasteiger charge is -2.34. The van der Waals surface area contributed by atoms with Crippen LogP contribution in [0.2, 0.25) is 0 Å². The Morgan fingerprint density at radius 2 is 2.05 bits per heavy atom. The zero-order chi connectivity index (χ0) is 15.5. The highest BCUT2D eigenvalue weighted by atomic mass is 16.5. The maximum absolute atomic E-state index is 5.75. The molecule has 0 saturated carbocycles. The molecule has 22 heavy (non-hydrogen) atoms. The summed E-state index contributed by atoms with van der Waals surface area (Å²) >= 11 is 0. The van der Waals surface area contributed by atoms with Gasteiger partial charge in [-0.05, 0) is 23.3 Å². The fourth-order valence-electron chi connectivity index (χ4n) is 3.81. The van der Waals surface area contributed by atoms with Gasteiger partial charge < -0.3 is 14.5 Å². The molecule has 1 aromatic rings. The number of hydrogen-bond donors (Lipinski definition) is 2. The monoisotopic (exact) mass is 310 g/mol. The normalized spacial score (nSPS) is 30.8. The molecule has 3 heterocycles. The fraction of sp³-hybridized carbons (Fsp3) is 0.933. The number of rotatable bonds is 5. The van der Waals surface area contributed by atoms with Gasteiger partial charge >= 0.3 is 0 Å². The van der Waals surface area contributed by atoms with E-state index in [-0.39, 0.29) is 6.10 Å². The van der Waals surface area contributed by atoms with Gasteiger partial charge in [-0.1, -0.05) is 13.8 Å². The lowest BCUT2D eigenvalue weighted by molar-refractivity contribution is -1.02. The zero-order valence-electron chi connectivity index (χ0n) is 14.1. The van der Waals surface area contributed by atoms with Crippen LogP contribution in [0, 0.1) is 5.92 Å². The summed E-state index contributed by atoms with van der Waals surface area (Å²) < 4.78 is 7.75. The molecule has 0 bridgehead atoms. The van der Waals surface area contributed by atoms with Crippen LogP contribution in [-0.2, 0) is 11.3 Å². The molecule has 7 heteroatoms. The summed E-state index contributed by atoms with van der Waals surface area (Å²) in [7, 11) is 2.28. The molecule has 2 N–H and O–H groups in total. The Balaban J connectivity index is 1.75. The first-order valence-electron chi connectivity index (χ1n) is 8.68. The highest BCUT2D eigenvalue weighted by Crippen LogP contribution is 2.19. The van der Waals surface area contributed by atoms with Crippen molar-refractivity contribution in [2.45, 2.75) is 45.4 Å². The highest BCUT2D eigenvalue weighted by molar-refractivity contribution is 4.90. The van der Waals surface area contributed by atoms with Gasteiger partial charge in [0.1, 0.15) is 26.2 Å². The maximum atomic E-state index is 5.75. The van der Waals surface area contributed by atoms with Gasteiger partial charge in [0.25, 0.3) is 0 Å². The molecule has 0 unspecified atom stereocenters. The molecule has 2 aliphatic rings. The van der Waals surface area contributed by atoms with Crippen LogP contribution in [0.4, 0.5) is 0 Å². The molecule has 1 aromatic heterocycles. The second-order valence-corrected chi connectivity index (χ2v) is 7.19. The number of hydrogen-bond acceptors (Lipinski definition) is 4. The number of quaternary nitrogens is 2. The van der Waals surface area contributed by atoms with E-state index in [1.54, 1.807) is 9.80 Å². The Kier molecular flexibility index (Phi) is 5.05. The Morgan fingerprint density at radius 1 is 1.27 bits per heavy atom. The number of nitrogens with zero attached hydrogens (tertiary/aromatic N) is 4. The molecule has 0 spiro atoms. The molecule has 7 nitrogen and oxygen atoms in total. The summed E-state index contributed by atoms with van der Waals surface area (Å²) in [6.07, 6.45) is 2.56. The summed E-state index contributed by atoms with van der Waals surface area (Å²) in [5, 5.41) is 12.6. The predicted octanol–water partition coefficient (Wildman–Crippen LogP) is -2.04. The Morgan fingerprint density at radius 3 is 2.68 bits per heavy atom. The van der Waals surface area contributed by atoms with E-state index in [1.807, 2.05) is 4.68 Å². The molecule has 124 valence electrons. The minimum Gasteiger partial charge on any atom is -0.376 e. The number of aromatic nitrogens is 4. The average molecular weight is 310 g/mol. The summed E-state index contributed by atoms with van der Waals surface area (Å²) in [6, 6.07) is 0.379. The van der Waals surface area contributed by atoms with E-state index in [2.05, 4.69) is 36.4 Å². The van der Waals surface area contributed by atoms with Crippen molar-refractivity contribution < 1.29 is 14.5 Å². The smallest absolute Gasteiger partial charge is 0.209 e. The molecular formula is C15H30N6O+2. The number of ether oxygens (including phenoxy) is 1. The minimum atomic E-state index is 0.280. The number of piperazine rings is 1. The molecule has 0 aliphatic carbocycles. The molecule has 2 fully saturated rings. The minimum absolute atomic E-state index is 0.280. The van der Waals surface area contributed by atoms with Gasteiger partial charge in [0, 0.05) is 12.5 Å². The van der Waals surface area contributed by atoms with Gasteiger partial charge in [0.2, 0.25) is 5.82 Å². The van der Waals surface area contributed by atoms with Crippen LogP contribution in [0.1, 0.15) is 38.6 Å². The summed E-state index contributed by atoms with van der Waals surface area (Å²) in [4.78, 5) is 3.26. The molecule has 0 aromatic carbocycles. The van der Waals surface area contributed by atoms with Crippen molar-refractivity contribution in [3.8, 4) is 0 Å². The largest absolute Gasteiger partial charge is 0.376 e. The zero-order valence-corrected chi connectivity index (χ0v) is 14.1. The van der Waals surface area contributed by atoms with Crippen molar-refractivity contribution in [2.75, 3.05) is 39.8 Å². The van der Waals surface area contributed by atoms with E-state index in [1.165, 1.54) is 26.2 Å². The van der Waals surface area contributed by atoms with Gasteiger partial charge in [-0.15, -0.1) is 5.10 Å². The molecule has 0 amide bonds. The van der Waals surface area contributed by atoms with Crippen LogP contribution in [0.25, 0.3) is 0 Å². The van der Waals surface area contributed by atoms with Crippen molar-refractivity contribution >= 4 is 0 Å². The molecule has 2 aliphatic heterocycles. The van der Waals surface area contributed by atoms with Crippen LogP contribution in [0.3, 0.4) is 0 Å². The van der Waals surface area contributed by atoms with Gasteiger partial charge in [0.05, 0.1) is 19.7 Å². The quantitative estimate of drug-likeness (QED) is 0.658. The Labute approximate surface area is 132 Å². The topological polar surface area (TPSA) is 61.7 Å². The van der Waals surface area contributed by atoms with Gasteiger partial charge in [0.15, 0.2) is 6.04 Å². The van der Waals surface area contributed by atoms with Crippen molar-refractivity contribution in [2.24, 2.45) is 5.92 Å². The third-order valence-corrected chi connectivity index (χ3v) is 5.09. The first-order chi connectivity index (χ1) is 10.6. The Bertz CT molecular complexity index is 462. The van der Waals surface area contributed by atoms with E-state index in [9.17, 15) is 0 Å². The average Bonchev–Trinajstić information content (AvgIpc) is 3.14. The number of nitrogens with one attached hydrogen (secondary N) is 2. The first kappa shape index (κ1) is 15.8. The summed E-state index contributed by atoms with van der Waals surface area (Å²) in [5.74, 6) is 1.57. The van der Waals surface area contributed by atoms with Crippen molar-refractivity contribution in [3.63, 3.8) is 0 Å². The van der Waals surface area contributed by atoms with E-state index in [0.29, 0.717) is 12.0 Å². The van der Waals surface area contributed by atoms with E-state index < -0.39 is 0 Å². The maximum Gasteiger partial charge on any atom is 0.209 e. The Hall–Kier alpha value is -1.05. The van der Waals surface area contributed by atoms with Crippen molar-refractivity contribution in [1.82, 2.24) is 20.2 Å². The second kappa shape index (κ2) is 7.02. The van der Waals surface area contributed by atoms with E-state index in [4.69, 9.17) is 4.74 Å². The number of likely N-dealkylation sites (N-methyl/N-ethyl adjacent to an activating group) is 1. The van der Waals surface area contributed by atoms with Crippen LogP contribution >= 0.6 is 0 Å². The van der Waals surface area contributed by atoms with Crippen molar-refractivity contribution in [3.05, 3.63) is 5.82 Å². The second-order valence-electron chi connectivity index (χ2n) is 7.19. The molecular weight excluding hydrogens is 280 g/mol. The van der Waals surface area contributed by atoms with Crippen LogP contribution in [-0.4, -0.2) is 66.1 Å². The van der Waals surface area contributed by atoms with Crippen LogP contribution in [0.5, 0.6) is 0 Å². The standard InChI is InChI=1S/C15H28N6O/c1-12(2)14(20-8-6-19(3)7-9-20)15-16-17-18-21(15)11-13-5-4-10-22-13/h12-14H,4-11H2,1-3H3/p+2/t13-,14+/m1/s1. The van der Waals surface area contributed by atoms with Crippen LogP contribution < -0.4 is 9.80 Å². The lowest BCUT2D eigenvalue weighted by Crippen LogP contribution is -3.27. The third-order valence-electron chi connectivity index (χ3n) is 5.09. The van der Waals surface area contributed by atoms with Crippen LogP contribution in [0.15, 0.2) is 0 Å². The fourth-order valence-corrected chi connectivity index (χ4v) is 3.81. The molecule has 0 radical (unpaired) electrons. The van der Waals surface area contributed by atoms with E-state index >= 15 is 0 Å².